The van der Waals surface area contributed by atoms with Crippen molar-refractivity contribution in [2.75, 3.05) is 12.8 Å². The predicted molar refractivity (Wildman–Crippen MR) is 79.1 cm³/mol. The third kappa shape index (κ3) is 3.75. The maximum absolute atomic E-state index is 12.1. The number of likely N-dealkylation sites (N-methyl/N-ethyl adjacent to an activating group) is 1. The molecule has 4 nitrogen and oxygen atoms in total. The zero-order chi connectivity index (χ0) is 14.5. The van der Waals surface area contributed by atoms with Gasteiger partial charge in [0, 0.05) is 19.3 Å². The van der Waals surface area contributed by atoms with Crippen molar-refractivity contribution in [3.05, 3.63) is 59.7 Å². The lowest BCUT2D eigenvalue weighted by atomic mass is 10.1. The molecule has 0 saturated carbocycles. The molecular weight excluding hydrogens is 252 g/mol. The Morgan fingerprint density at radius 3 is 2.50 bits per heavy atom. The molecule has 2 aromatic carbocycles. The first kappa shape index (κ1) is 13.9. The molecule has 0 heterocycles. The monoisotopic (exact) mass is 270 g/mol. The summed E-state index contributed by atoms with van der Waals surface area (Å²) in [5, 5.41) is 9.39. The minimum atomic E-state index is 0.00688. The van der Waals surface area contributed by atoms with Crippen LogP contribution < -0.4 is 5.73 Å². The first-order valence-corrected chi connectivity index (χ1v) is 6.41. The second-order valence-electron chi connectivity index (χ2n) is 4.84. The van der Waals surface area contributed by atoms with E-state index in [2.05, 4.69) is 0 Å². The Morgan fingerprint density at radius 2 is 1.85 bits per heavy atom. The summed E-state index contributed by atoms with van der Waals surface area (Å²) in [7, 11) is 1.77. The summed E-state index contributed by atoms with van der Waals surface area (Å²) in [6, 6.07) is 14.2. The quantitative estimate of drug-likeness (QED) is 0.837. The molecule has 20 heavy (non-hydrogen) atoms. The highest BCUT2D eigenvalue weighted by Crippen LogP contribution is 2.13. The molecule has 0 spiro atoms. The van der Waals surface area contributed by atoms with E-state index in [0.29, 0.717) is 12.2 Å². The second kappa shape index (κ2) is 6.10. The van der Waals surface area contributed by atoms with Crippen LogP contribution in [0.3, 0.4) is 0 Å². The lowest BCUT2D eigenvalue weighted by Crippen LogP contribution is -2.27. The normalized spacial score (nSPS) is 10.2. The molecule has 0 aliphatic rings. The van der Waals surface area contributed by atoms with Crippen LogP contribution >= 0.6 is 0 Å². The van der Waals surface area contributed by atoms with E-state index in [1.54, 1.807) is 30.1 Å². The minimum absolute atomic E-state index is 0.00688. The van der Waals surface area contributed by atoms with Gasteiger partial charge in [-0.05, 0) is 35.4 Å². The maximum Gasteiger partial charge on any atom is 0.227 e. The molecule has 0 aliphatic heterocycles. The number of amides is 1. The molecule has 3 N–H and O–H groups in total. The van der Waals surface area contributed by atoms with Gasteiger partial charge in [0.15, 0.2) is 0 Å². The molecule has 0 saturated heterocycles. The number of nitrogen functional groups attached to an aromatic ring is 1. The van der Waals surface area contributed by atoms with E-state index in [1.165, 1.54) is 0 Å². The lowest BCUT2D eigenvalue weighted by molar-refractivity contribution is -0.129. The van der Waals surface area contributed by atoms with Crippen molar-refractivity contribution >= 4 is 11.6 Å². The first-order valence-electron chi connectivity index (χ1n) is 6.41. The molecular formula is C16H18N2O2. The van der Waals surface area contributed by atoms with Gasteiger partial charge in [0.1, 0.15) is 5.75 Å². The van der Waals surface area contributed by atoms with Crippen LogP contribution in [-0.2, 0) is 17.8 Å². The van der Waals surface area contributed by atoms with Crippen LogP contribution in [0, 0.1) is 0 Å². The average molecular weight is 270 g/mol. The number of aromatic hydroxyl groups is 1. The van der Waals surface area contributed by atoms with E-state index >= 15 is 0 Å². The van der Waals surface area contributed by atoms with Crippen molar-refractivity contribution in [2.45, 2.75) is 13.0 Å². The molecule has 0 aromatic heterocycles. The van der Waals surface area contributed by atoms with E-state index in [0.717, 1.165) is 11.1 Å². The zero-order valence-electron chi connectivity index (χ0n) is 11.4. The number of nitrogens with two attached hydrogens (primary N) is 1. The Hall–Kier alpha value is -2.49. The van der Waals surface area contributed by atoms with E-state index in [4.69, 9.17) is 5.73 Å². The highest BCUT2D eigenvalue weighted by molar-refractivity contribution is 5.78. The van der Waals surface area contributed by atoms with Gasteiger partial charge >= 0.3 is 0 Å². The number of carbonyl (C=O) groups excluding carboxylic acids is 1. The van der Waals surface area contributed by atoms with Crippen molar-refractivity contribution in [3.63, 3.8) is 0 Å². The smallest absolute Gasteiger partial charge is 0.227 e. The molecule has 2 aromatic rings. The number of phenolic OH excluding ortho intramolecular Hbond substituents is 1. The Kier molecular flexibility index (Phi) is 4.25. The van der Waals surface area contributed by atoms with Crippen LogP contribution in [0.1, 0.15) is 11.1 Å². The van der Waals surface area contributed by atoms with Gasteiger partial charge < -0.3 is 15.7 Å². The van der Waals surface area contributed by atoms with Crippen molar-refractivity contribution in [2.24, 2.45) is 0 Å². The number of anilines is 1. The Morgan fingerprint density at radius 1 is 1.15 bits per heavy atom. The average Bonchev–Trinajstić information content (AvgIpc) is 2.41. The number of nitrogens with zero attached hydrogens (tertiary/aromatic N) is 1. The summed E-state index contributed by atoms with van der Waals surface area (Å²) < 4.78 is 0. The fourth-order valence-electron chi connectivity index (χ4n) is 1.96. The van der Waals surface area contributed by atoms with Gasteiger partial charge in [-0.1, -0.05) is 24.3 Å². The van der Waals surface area contributed by atoms with E-state index < -0.39 is 0 Å². The summed E-state index contributed by atoms with van der Waals surface area (Å²) >= 11 is 0. The molecule has 4 heteroatoms. The lowest BCUT2D eigenvalue weighted by Gasteiger charge is -2.17. The Balaban J connectivity index is 1.96. The van der Waals surface area contributed by atoms with Crippen LogP contribution in [0.2, 0.25) is 0 Å². The van der Waals surface area contributed by atoms with Gasteiger partial charge in [-0.15, -0.1) is 0 Å². The number of rotatable bonds is 4. The van der Waals surface area contributed by atoms with Gasteiger partial charge in [0.25, 0.3) is 0 Å². The number of benzene rings is 2. The fraction of sp³-hybridized carbons (Fsp3) is 0.188. The summed E-state index contributed by atoms with van der Waals surface area (Å²) in [5.41, 5.74) is 8.18. The van der Waals surface area contributed by atoms with E-state index in [-0.39, 0.29) is 18.1 Å². The SMILES string of the molecule is CN(Cc1ccc(N)cc1)C(=O)Cc1cccc(O)c1. The highest BCUT2D eigenvalue weighted by atomic mass is 16.3. The third-order valence-electron chi connectivity index (χ3n) is 3.09. The number of carbonyl (C=O) groups is 1. The van der Waals surface area contributed by atoms with Crippen LogP contribution in [0.25, 0.3) is 0 Å². The van der Waals surface area contributed by atoms with Gasteiger partial charge in [0.05, 0.1) is 6.42 Å². The van der Waals surface area contributed by atoms with Crippen molar-refractivity contribution in [3.8, 4) is 5.75 Å². The van der Waals surface area contributed by atoms with Crippen LogP contribution in [0.4, 0.5) is 5.69 Å². The number of hydrogen-bond donors (Lipinski definition) is 2. The molecule has 0 radical (unpaired) electrons. The maximum atomic E-state index is 12.1. The molecule has 0 fully saturated rings. The molecule has 0 bridgehead atoms. The van der Waals surface area contributed by atoms with Gasteiger partial charge in [-0.2, -0.15) is 0 Å². The van der Waals surface area contributed by atoms with Gasteiger partial charge in [-0.25, -0.2) is 0 Å². The van der Waals surface area contributed by atoms with Crippen molar-refractivity contribution in [1.82, 2.24) is 4.90 Å². The molecule has 2 rings (SSSR count). The Labute approximate surface area is 118 Å². The molecule has 104 valence electrons. The van der Waals surface area contributed by atoms with Gasteiger partial charge in [-0.3, -0.25) is 4.79 Å². The van der Waals surface area contributed by atoms with E-state index in [9.17, 15) is 9.90 Å². The van der Waals surface area contributed by atoms with Gasteiger partial charge in [0.2, 0.25) is 5.91 Å². The van der Waals surface area contributed by atoms with Crippen molar-refractivity contribution in [1.29, 1.82) is 0 Å². The van der Waals surface area contributed by atoms with E-state index in [1.807, 2.05) is 30.3 Å². The first-order chi connectivity index (χ1) is 9.54. The summed E-state index contributed by atoms with van der Waals surface area (Å²) in [6.07, 6.45) is 0.278. The number of hydrogen-bond acceptors (Lipinski definition) is 3. The predicted octanol–water partition coefficient (Wildman–Crippen LogP) is 2.18. The highest BCUT2D eigenvalue weighted by Gasteiger charge is 2.10. The summed E-state index contributed by atoms with van der Waals surface area (Å²) in [4.78, 5) is 13.8. The van der Waals surface area contributed by atoms with Crippen LogP contribution in [-0.4, -0.2) is 23.0 Å². The molecule has 0 unspecified atom stereocenters. The standard InChI is InChI=1S/C16H18N2O2/c1-18(11-12-5-7-14(17)8-6-12)16(20)10-13-3-2-4-15(19)9-13/h2-9,19H,10-11,17H2,1H3. The van der Waals surface area contributed by atoms with Crippen LogP contribution in [0.5, 0.6) is 5.75 Å². The topological polar surface area (TPSA) is 66.6 Å². The number of phenols is 1. The fourth-order valence-corrected chi connectivity index (χ4v) is 1.96. The zero-order valence-corrected chi connectivity index (χ0v) is 11.4. The van der Waals surface area contributed by atoms with Crippen molar-refractivity contribution < 1.29 is 9.90 Å². The minimum Gasteiger partial charge on any atom is -0.508 e. The van der Waals surface area contributed by atoms with Crippen LogP contribution in [0.15, 0.2) is 48.5 Å². The second-order valence-corrected chi connectivity index (χ2v) is 4.84. The molecule has 1 amide bonds. The third-order valence-corrected chi connectivity index (χ3v) is 3.09. The summed E-state index contributed by atoms with van der Waals surface area (Å²) in [6.45, 7) is 0.540. The molecule has 0 atom stereocenters. The molecule has 0 aliphatic carbocycles. The summed E-state index contributed by atoms with van der Waals surface area (Å²) in [5.74, 6) is 0.184. The Bertz CT molecular complexity index is 594. The largest absolute Gasteiger partial charge is 0.508 e.